The standard InChI is InChI=1S/C17H17FN4O/c18-13-3-1-12(2-4-13)16-7-15(23)11-21(16)10-14-8-20-17-9-19-5-6-22(14)17/h1-6,8-9,15-16,23H,7,10-11H2/t15-,16-/m0/s1. The van der Waals surface area contributed by atoms with E-state index in [4.69, 9.17) is 0 Å². The van der Waals surface area contributed by atoms with Crippen LogP contribution < -0.4 is 0 Å². The second-order valence-corrected chi connectivity index (χ2v) is 5.94. The van der Waals surface area contributed by atoms with E-state index < -0.39 is 0 Å². The zero-order chi connectivity index (χ0) is 15.8. The summed E-state index contributed by atoms with van der Waals surface area (Å²) in [5.41, 5.74) is 2.88. The molecule has 0 amide bonds. The van der Waals surface area contributed by atoms with Crippen LogP contribution in [0.4, 0.5) is 4.39 Å². The number of halogens is 1. The minimum atomic E-state index is -0.370. The number of hydrogen-bond donors (Lipinski definition) is 1. The van der Waals surface area contributed by atoms with E-state index in [1.165, 1.54) is 12.1 Å². The van der Waals surface area contributed by atoms with E-state index in [1.54, 1.807) is 24.5 Å². The average Bonchev–Trinajstić information content (AvgIpc) is 3.13. The number of imidazole rings is 1. The third-order valence-corrected chi connectivity index (χ3v) is 4.40. The van der Waals surface area contributed by atoms with Crippen molar-refractivity contribution in [3.8, 4) is 0 Å². The van der Waals surface area contributed by atoms with Crippen molar-refractivity contribution >= 4 is 5.65 Å². The van der Waals surface area contributed by atoms with Gasteiger partial charge < -0.3 is 5.11 Å². The summed E-state index contributed by atoms with van der Waals surface area (Å²) >= 11 is 0. The lowest BCUT2D eigenvalue weighted by atomic mass is 10.0. The second kappa shape index (κ2) is 5.72. The third kappa shape index (κ3) is 2.71. The van der Waals surface area contributed by atoms with E-state index in [9.17, 15) is 9.50 Å². The molecular weight excluding hydrogens is 295 g/mol. The minimum absolute atomic E-state index is 0.0815. The Hall–Kier alpha value is -2.31. The molecule has 0 saturated carbocycles. The van der Waals surface area contributed by atoms with Crippen LogP contribution in [0.2, 0.25) is 0 Å². The summed E-state index contributed by atoms with van der Waals surface area (Å²) < 4.78 is 15.1. The van der Waals surface area contributed by atoms with Crippen molar-refractivity contribution in [2.75, 3.05) is 6.54 Å². The Bertz CT molecular complexity index is 817. The van der Waals surface area contributed by atoms with Gasteiger partial charge in [0, 0.05) is 31.5 Å². The SMILES string of the molecule is O[C@H]1C[C@@H](c2ccc(F)cc2)N(Cc2cnc3cnccn23)C1. The van der Waals surface area contributed by atoms with Gasteiger partial charge >= 0.3 is 0 Å². The number of benzene rings is 1. The van der Waals surface area contributed by atoms with Crippen molar-refractivity contribution in [2.45, 2.75) is 25.1 Å². The fourth-order valence-corrected chi connectivity index (χ4v) is 3.31. The van der Waals surface area contributed by atoms with Crippen LogP contribution in [0.25, 0.3) is 5.65 Å². The summed E-state index contributed by atoms with van der Waals surface area (Å²) in [5, 5.41) is 10.1. The first-order valence-electron chi connectivity index (χ1n) is 7.64. The minimum Gasteiger partial charge on any atom is -0.392 e. The maximum absolute atomic E-state index is 13.1. The zero-order valence-corrected chi connectivity index (χ0v) is 12.5. The number of likely N-dealkylation sites (tertiary alicyclic amines) is 1. The van der Waals surface area contributed by atoms with Gasteiger partial charge in [-0.05, 0) is 24.1 Å². The maximum atomic E-state index is 13.1. The Morgan fingerprint density at radius 2 is 2.04 bits per heavy atom. The van der Waals surface area contributed by atoms with Crippen molar-refractivity contribution in [3.63, 3.8) is 0 Å². The van der Waals surface area contributed by atoms with E-state index in [-0.39, 0.29) is 18.0 Å². The fraction of sp³-hybridized carbons (Fsp3) is 0.294. The molecule has 4 rings (SSSR count). The molecule has 0 unspecified atom stereocenters. The molecule has 1 N–H and O–H groups in total. The highest BCUT2D eigenvalue weighted by molar-refractivity contribution is 5.37. The van der Waals surface area contributed by atoms with E-state index in [2.05, 4.69) is 14.9 Å². The Labute approximate surface area is 133 Å². The van der Waals surface area contributed by atoms with Crippen molar-refractivity contribution in [1.82, 2.24) is 19.3 Å². The molecule has 2 aromatic heterocycles. The van der Waals surface area contributed by atoms with Crippen LogP contribution in [-0.2, 0) is 6.54 Å². The van der Waals surface area contributed by atoms with Gasteiger partial charge in [-0.2, -0.15) is 0 Å². The molecule has 0 aliphatic carbocycles. The van der Waals surface area contributed by atoms with Crippen molar-refractivity contribution in [2.24, 2.45) is 0 Å². The second-order valence-electron chi connectivity index (χ2n) is 5.94. The smallest absolute Gasteiger partial charge is 0.155 e. The van der Waals surface area contributed by atoms with Gasteiger partial charge in [-0.25, -0.2) is 9.37 Å². The van der Waals surface area contributed by atoms with Crippen LogP contribution in [0.5, 0.6) is 0 Å². The largest absolute Gasteiger partial charge is 0.392 e. The lowest BCUT2D eigenvalue weighted by molar-refractivity contribution is 0.172. The predicted molar refractivity (Wildman–Crippen MR) is 83.2 cm³/mol. The number of rotatable bonds is 3. The van der Waals surface area contributed by atoms with Crippen LogP contribution in [0.3, 0.4) is 0 Å². The van der Waals surface area contributed by atoms with E-state index in [1.807, 2.05) is 16.8 Å². The third-order valence-electron chi connectivity index (χ3n) is 4.40. The van der Waals surface area contributed by atoms with Gasteiger partial charge in [-0.1, -0.05) is 12.1 Å². The van der Waals surface area contributed by atoms with Crippen LogP contribution in [0.1, 0.15) is 23.7 Å². The summed E-state index contributed by atoms with van der Waals surface area (Å²) in [4.78, 5) is 10.6. The van der Waals surface area contributed by atoms with Gasteiger partial charge in [0.25, 0.3) is 0 Å². The molecule has 3 aromatic rings. The highest BCUT2D eigenvalue weighted by atomic mass is 19.1. The number of aliphatic hydroxyl groups excluding tert-OH is 1. The quantitative estimate of drug-likeness (QED) is 0.805. The van der Waals surface area contributed by atoms with E-state index >= 15 is 0 Å². The Morgan fingerprint density at radius 3 is 2.87 bits per heavy atom. The number of aromatic nitrogens is 3. The fourth-order valence-electron chi connectivity index (χ4n) is 3.31. The molecule has 1 fully saturated rings. The van der Waals surface area contributed by atoms with Crippen molar-refractivity contribution in [1.29, 1.82) is 0 Å². The van der Waals surface area contributed by atoms with Gasteiger partial charge in [0.1, 0.15) is 5.82 Å². The molecule has 0 spiro atoms. The van der Waals surface area contributed by atoms with Gasteiger partial charge in [0.05, 0.1) is 24.2 Å². The first-order chi connectivity index (χ1) is 11.2. The molecule has 1 aliphatic heterocycles. The van der Waals surface area contributed by atoms with Crippen LogP contribution >= 0.6 is 0 Å². The van der Waals surface area contributed by atoms with Crippen LogP contribution in [0.15, 0.2) is 49.1 Å². The van der Waals surface area contributed by atoms with E-state index in [0.717, 1.165) is 16.9 Å². The highest BCUT2D eigenvalue weighted by Crippen LogP contribution is 2.33. The molecule has 1 aliphatic rings. The lowest BCUT2D eigenvalue weighted by Gasteiger charge is -2.24. The highest BCUT2D eigenvalue weighted by Gasteiger charge is 2.32. The first-order valence-corrected chi connectivity index (χ1v) is 7.64. The molecule has 0 bridgehead atoms. The van der Waals surface area contributed by atoms with E-state index in [0.29, 0.717) is 19.5 Å². The Balaban J connectivity index is 1.62. The van der Waals surface area contributed by atoms with Gasteiger partial charge in [0.15, 0.2) is 5.65 Å². The summed E-state index contributed by atoms with van der Waals surface area (Å²) in [7, 11) is 0. The first kappa shape index (κ1) is 14.3. The topological polar surface area (TPSA) is 53.7 Å². The molecule has 1 saturated heterocycles. The average molecular weight is 312 g/mol. The number of nitrogens with zero attached hydrogens (tertiary/aromatic N) is 4. The molecule has 6 heteroatoms. The van der Waals surface area contributed by atoms with Crippen LogP contribution in [-0.4, -0.2) is 37.0 Å². The normalized spacial score (nSPS) is 22.0. The predicted octanol–water partition coefficient (Wildman–Crippen LogP) is 2.18. The number of aliphatic hydroxyl groups is 1. The molecular formula is C17H17FN4O. The summed E-state index contributed by atoms with van der Waals surface area (Å²) in [6, 6.07) is 6.61. The van der Waals surface area contributed by atoms with Crippen molar-refractivity contribution in [3.05, 3.63) is 66.1 Å². The molecule has 1 aromatic carbocycles. The summed E-state index contributed by atoms with van der Waals surface area (Å²) in [6.45, 7) is 1.27. The lowest BCUT2D eigenvalue weighted by Crippen LogP contribution is -2.25. The molecule has 5 nitrogen and oxygen atoms in total. The molecule has 3 heterocycles. The van der Waals surface area contributed by atoms with Gasteiger partial charge in [0.2, 0.25) is 0 Å². The Kier molecular flexibility index (Phi) is 3.55. The monoisotopic (exact) mass is 312 g/mol. The van der Waals surface area contributed by atoms with Crippen molar-refractivity contribution < 1.29 is 9.50 Å². The number of fused-ring (bicyclic) bond motifs is 1. The summed E-state index contributed by atoms with van der Waals surface area (Å²) in [5.74, 6) is -0.242. The van der Waals surface area contributed by atoms with Crippen LogP contribution in [0, 0.1) is 5.82 Å². The zero-order valence-electron chi connectivity index (χ0n) is 12.5. The molecule has 23 heavy (non-hydrogen) atoms. The summed E-state index contributed by atoms with van der Waals surface area (Å²) in [6.07, 6.45) is 7.46. The van der Waals surface area contributed by atoms with Gasteiger partial charge in [-0.15, -0.1) is 0 Å². The number of β-amino-alcohol motifs (C(OH)–C–C–N with tert-alkyl or cyclic N) is 1. The molecule has 0 radical (unpaired) electrons. The van der Waals surface area contributed by atoms with Gasteiger partial charge in [-0.3, -0.25) is 14.3 Å². The molecule has 118 valence electrons. The Morgan fingerprint density at radius 1 is 1.22 bits per heavy atom. The molecule has 2 atom stereocenters. The number of hydrogen-bond acceptors (Lipinski definition) is 4. The maximum Gasteiger partial charge on any atom is 0.155 e.